The van der Waals surface area contributed by atoms with Gasteiger partial charge in [0.15, 0.2) is 0 Å². The summed E-state index contributed by atoms with van der Waals surface area (Å²) < 4.78 is 36.7. The highest BCUT2D eigenvalue weighted by Crippen LogP contribution is 2.38. The summed E-state index contributed by atoms with van der Waals surface area (Å²) in [5.74, 6) is 0. The largest absolute Gasteiger partial charge is 0.417 e. The average molecular weight is 341 g/mol. The van der Waals surface area contributed by atoms with E-state index in [1.54, 1.807) is 0 Å². The van der Waals surface area contributed by atoms with Crippen LogP contribution in [0.4, 0.5) is 13.2 Å². The summed E-state index contributed by atoms with van der Waals surface area (Å²) in [5, 5.41) is 0.0659. The third kappa shape index (κ3) is 2.41. The number of hydrogen-bond donors (Lipinski definition) is 0. The van der Waals surface area contributed by atoms with Gasteiger partial charge in [0.05, 0.1) is 15.6 Å². The number of hydrogen-bond acceptors (Lipinski definition) is 0. The fraction of sp³-hybridized carbons (Fsp3) is 0.143. The summed E-state index contributed by atoms with van der Waals surface area (Å²) in [6.45, 7) is 0. The van der Waals surface area contributed by atoms with Gasteiger partial charge in [0, 0.05) is 3.57 Å². The van der Waals surface area contributed by atoms with E-state index in [-0.39, 0.29) is 13.6 Å². The van der Waals surface area contributed by atoms with Crippen molar-refractivity contribution in [2.45, 2.75) is 6.18 Å². The molecule has 0 saturated carbocycles. The summed E-state index contributed by atoms with van der Waals surface area (Å²) in [6.07, 6.45) is -4.38. The second kappa shape index (κ2) is 3.82. The molecule has 1 aromatic rings. The first-order valence-corrected chi connectivity index (χ1v) is 4.88. The highest BCUT2D eigenvalue weighted by atomic mass is 127. The van der Waals surface area contributed by atoms with Crippen LogP contribution in [-0.4, -0.2) is 0 Å². The van der Waals surface area contributed by atoms with Gasteiger partial charge in [-0.1, -0.05) is 23.2 Å². The molecule has 0 spiro atoms. The first-order chi connectivity index (χ1) is 5.84. The summed E-state index contributed by atoms with van der Waals surface area (Å²) in [4.78, 5) is 0. The van der Waals surface area contributed by atoms with Crippen LogP contribution < -0.4 is 0 Å². The molecule has 0 amide bonds. The maximum atomic E-state index is 12.3. The van der Waals surface area contributed by atoms with Crippen molar-refractivity contribution in [1.82, 2.24) is 0 Å². The van der Waals surface area contributed by atoms with E-state index < -0.39 is 11.7 Å². The average Bonchev–Trinajstić information content (AvgIpc) is 1.98. The van der Waals surface area contributed by atoms with Crippen molar-refractivity contribution in [3.63, 3.8) is 0 Å². The molecule has 0 bridgehead atoms. The first-order valence-electron chi connectivity index (χ1n) is 3.04. The van der Waals surface area contributed by atoms with E-state index >= 15 is 0 Å². The Balaban J connectivity index is 3.35. The lowest BCUT2D eigenvalue weighted by molar-refractivity contribution is -0.138. The number of rotatable bonds is 0. The van der Waals surface area contributed by atoms with Crippen molar-refractivity contribution in [2.24, 2.45) is 0 Å². The van der Waals surface area contributed by atoms with E-state index in [1.807, 2.05) is 0 Å². The first kappa shape index (κ1) is 11.4. The van der Waals surface area contributed by atoms with Crippen LogP contribution in [0.5, 0.6) is 0 Å². The van der Waals surface area contributed by atoms with Crippen LogP contribution >= 0.6 is 45.8 Å². The molecule has 0 aromatic heterocycles. The maximum absolute atomic E-state index is 12.3. The Labute approximate surface area is 96.2 Å². The zero-order valence-corrected chi connectivity index (χ0v) is 9.59. The van der Waals surface area contributed by atoms with Crippen molar-refractivity contribution >= 4 is 45.8 Å². The van der Waals surface area contributed by atoms with Gasteiger partial charge < -0.3 is 0 Å². The molecule has 0 fully saturated rings. The van der Waals surface area contributed by atoms with Crippen molar-refractivity contribution in [1.29, 1.82) is 0 Å². The topological polar surface area (TPSA) is 0 Å². The van der Waals surface area contributed by atoms with Gasteiger partial charge >= 0.3 is 6.18 Å². The van der Waals surface area contributed by atoms with E-state index in [2.05, 4.69) is 0 Å². The second-order valence-corrected chi connectivity index (χ2v) is 4.08. The predicted molar refractivity (Wildman–Crippen MR) is 54.2 cm³/mol. The highest BCUT2D eigenvalue weighted by Gasteiger charge is 2.33. The maximum Gasteiger partial charge on any atom is 0.417 e. The standard InChI is InChI=1S/C7H2Cl2F3I/c8-4-2-1-3(7(10,11)12)6(13)5(4)9/h1-2H. The lowest BCUT2D eigenvalue weighted by atomic mass is 10.2. The zero-order valence-electron chi connectivity index (χ0n) is 5.92. The third-order valence-corrected chi connectivity index (χ3v) is 3.58. The Bertz CT molecular complexity index is 335. The molecular formula is C7H2Cl2F3I. The Kier molecular flexibility index (Phi) is 3.35. The normalized spacial score (nSPS) is 11.8. The predicted octanol–water partition coefficient (Wildman–Crippen LogP) is 4.62. The lowest BCUT2D eigenvalue weighted by Gasteiger charge is -2.10. The van der Waals surface area contributed by atoms with Crippen LogP contribution in [0.1, 0.15) is 5.56 Å². The Hall–Kier alpha value is 0.320. The molecule has 72 valence electrons. The molecular weight excluding hydrogens is 339 g/mol. The van der Waals surface area contributed by atoms with E-state index in [4.69, 9.17) is 23.2 Å². The van der Waals surface area contributed by atoms with Crippen LogP contribution in [0.3, 0.4) is 0 Å². The Morgan fingerprint density at radius 2 is 1.69 bits per heavy atom. The van der Waals surface area contributed by atoms with E-state index in [0.29, 0.717) is 0 Å². The van der Waals surface area contributed by atoms with Gasteiger partial charge in [0.2, 0.25) is 0 Å². The molecule has 0 aliphatic carbocycles. The van der Waals surface area contributed by atoms with E-state index in [9.17, 15) is 13.2 Å². The van der Waals surface area contributed by atoms with Gasteiger partial charge in [-0.3, -0.25) is 0 Å². The molecule has 0 radical (unpaired) electrons. The zero-order chi connectivity index (χ0) is 10.2. The summed E-state index contributed by atoms with van der Waals surface area (Å²) >= 11 is 12.6. The van der Waals surface area contributed by atoms with Crippen molar-refractivity contribution < 1.29 is 13.2 Å². The van der Waals surface area contributed by atoms with E-state index in [1.165, 1.54) is 22.6 Å². The number of halogens is 6. The van der Waals surface area contributed by atoms with Crippen LogP contribution in [0.2, 0.25) is 10.0 Å². The molecule has 0 heterocycles. The summed E-state index contributed by atoms with van der Waals surface area (Å²) in [7, 11) is 0. The Morgan fingerprint density at radius 1 is 1.15 bits per heavy atom. The van der Waals surface area contributed by atoms with Crippen molar-refractivity contribution in [2.75, 3.05) is 0 Å². The minimum atomic E-state index is -4.38. The van der Waals surface area contributed by atoms with Gasteiger partial charge in [-0.15, -0.1) is 0 Å². The van der Waals surface area contributed by atoms with Crippen LogP contribution in [0, 0.1) is 3.57 Å². The molecule has 1 aromatic carbocycles. The SMILES string of the molecule is FC(F)(F)c1ccc(Cl)c(Cl)c1I. The fourth-order valence-corrected chi connectivity index (χ4v) is 2.00. The third-order valence-electron chi connectivity index (χ3n) is 1.34. The molecule has 0 unspecified atom stereocenters. The smallest absolute Gasteiger partial charge is 0.166 e. The minimum Gasteiger partial charge on any atom is -0.166 e. The van der Waals surface area contributed by atoms with E-state index in [0.717, 1.165) is 12.1 Å². The summed E-state index contributed by atoms with van der Waals surface area (Å²) in [6, 6.07) is 2.05. The second-order valence-electron chi connectivity index (χ2n) is 2.22. The van der Waals surface area contributed by atoms with Crippen LogP contribution in [0.25, 0.3) is 0 Å². The number of benzene rings is 1. The monoisotopic (exact) mass is 340 g/mol. The van der Waals surface area contributed by atoms with Gasteiger partial charge in [-0.05, 0) is 34.7 Å². The minimum absolute atomic E-state index is 0.0582. The molecule has 0 aliphatic heterocycles. The van der Waals surface area contributed by atoms with Crippen molar-refractivity contribution in [3.8, 4) is 0 Å². The summed E-state index contributed by atoms with van der Waals surface area (Å²) in [5.41, 5.74) is -0.762. The van der Waals surface area contributed by atoms with Crippen LogP contribution in [-0.2, 0) is 6.18 Å². The molecule has 0 aliphatic rings. The molecule has 0 atom stereocenters. The molecule has 1 rings (SSSR count). The Morgan fingerprint density at radius 3 is 2.15 bits per heavy atom. The highest BCUT2D eigenvalue weighted by molar-refractivity contribution is 14.1. The molecule has 13 heavy (non-hydrogen) atoms. The van der Waals surface area contributed by atoms with Crippen LogP contribution in [0.15, 0.2) is 12.1 Å². The molecule has 6 heteroatoms. The molecule has 0 saturated heterocycles. The van der Waals surface area contributed by atoms with Gasteiger partial charge in [-0.2, -0.15) is 13.2 Å². The molecule has 0 nitrogen and oxygen atoms in total. The van der Waals surface area contributed by atoms with Gasteiger partial charge in [-0.25, -0.2) is 0 Å². The number of alkyl halides is 3. The lowest BCUT2D eigenvalue weighted by Crippen LogP contribution is -2.07. The van der Waals surface area contributed by atoms with Gasteiger partial charge in [0.25, 0.3) is 0 Å². The quantitative estimate of drug-likeness (QED) is 0.477. The fourth-order valence-electron chi connectivity index (χ4n) is 0.745. The van der Waals surface area contributed by atoms with Crippen molar-refractivity contribution in [3.05, 3.63) is 31.3 Å². The van der Waals surface area contributed by atoms with Gasteiger partial charge in [0.1, 0.15) is 0 Å². The molecule has 0 N–H and O–H groups in total.